The quantitative estimate of drug-likeness (QED) is 0.153. The number of benzene rings is 4. The summed E-state index contributed by atoms with van der Waals surface area (Å²) in [4.78, 5) is 38.3. The highest BCUT2D eigenvalue weighted by molar-refractivity contribution is 7.99. The molecule has 16 heteroatoms. The zero-order valence-corrected chi connectivity index (χ0v) is 34.6. The van der Waals surface area contributed by atoms with Crippen molar-refractivity contribution in [1.29, 1.82) is 0 Å². The lowest BCUT2D eigenvalue weighted by Crippen LogP contribution is -3.15. The van der Waals surface area contributed by atoms with Crippen molar-refractivity contribution in [3.05, 3.63) is 120 Å². The number of hydrogen-bond acceptors (Lipinski definition) is 14. The van der Waals surface area contributed by atoms with E-state index in [4.69, 9.17) is 37.0 Å². The minimum absolute atomic E-state index is 0.0842. The molecule has 0 amide bonds. The number of quaternary nitrogens is 1. The lowest BCUT2D eigenvalue weighted by molar-refractivity contribution is -0.904. The maximum atomic E-state index is 9.53. The van der Waals surface area contributed by atoms with E-state index in [0.29, 0.717) is 38.3 Å². The number of carboxylic acids is 2. The molecule has 0 bridgehead atoms. The highest BCUT2D eigenvalue weighted by Gasteiger charge is 2.27. The number of piperazine rings is 2. The zero-order valence-electron chi connectivity index (χ0n) is 49.0. The molecule has 0 aliphatic carbocycles. The van der Waals surface area contributed by atoms with Gasteiger partial charge in [-0.05, 0) is 42.5 Å². The number of fused-ring (bicyclic) bond motifs is 4. The molecule has 0 saturated carbocycles. The number of carbonyl (C=O) groups excluding carboxylic acids is 1. The Morgan fingerprint density at radius 1 is 0.661 bits per heavy atom. The van der Waals surface area contributed by atoms with Gasteiger partial charge in [0.15, 0.2) is 0 Å². The van der Waals surface area contributed by atoms with E-state index >= 15 is 0 Å². The Balaban J connectivity index is 0.000000221. The lowest BCUT2D eigenvalue weighted by Gasteiger charge is -2.36. The fraction of sp³-hybridized carbons (Fsp3) is 0.348. The number of carboxylic acid groups (broad SMARTS) is 2. The topological polar surface area (TPSA) is 175 Å². The van der Waals surface area contributed by atoms with Crippen molar-refractivity contribution >= 4 is 58.5 Å². The number of aliphatic hydroxyl groups is 2. The predicted octanol–water partition coefficient (Wildman–Crippen LogP) is 2.67. The van der Waals surface area contributed by atoms with Gasteiger partial charge in [0.1, 0.15) is 18.2 Å². The van der Waals surface area contributed by atoms with Crippen molar-refractivity contribution in [1.82, 2.24) is 14.7 Å². The highest BCUT2D eigenvalue weighted by Crippen LogP contribution is 2.41. The van der Waals surface area contributed by atoms with Crippen LogP contribution in [0.5, 0.6) is 0 Å². The molecule has 4 aromatic rings. The van der Waals surface area contributed by atoms with Crippen LogP contribution >= 0.6 is 23.5 Å². The summed E-state index contributed by atoms with van der Waals surface area (Å²) < 4.78 is 133. The van der Waals surface area contributed by atoms with Crippen molar-refractivity contribution in [3.8, 4) is 0 Å². The van der Waals surface area contributed by atoms with Gasteiger partial charge in [-0.1, -0.05) is 84.2 Å². The van der Waals surface area contributed by atoms with Crippen LogP contribution in [0.4, 0.5) is 11.4 Å². The molecule has 4 aliphatic rings. The van der Waals surface area contributed by atoms with Crippen LogP contribution in [-0.4, -0.2) is 158 Å². The summed E-state index contributed by atoms with van der Waals surface area (Å²) in [6.07, 6.45) is 0.942. The summed E-state index contributed by atoms with van der Waals surface area (Å²) in [7, 11) is 0. The van der Waals surface area contributed by atoms with Gasteiger partial charge in [-0.2, -0.15) is 0 Å². The summed E-state index contributed by atoms with van der Waals surface area (Å²) in [6.45, 7) is -24.1. The highest BCUT2D eigenvalue weighted by atomic mass is 32.2. The number of ether oxygens (including phenoxy) is 2. The number of aliphatic imine (C=N–C) groups is 2. The lowest BCUT2D eigenvalue weighted by atomic mass is 10.1. The SMILES string of the molecule is O=C([O-])/C=C/C(=O)O.[2H]C([2H])(O)C([2H])([2H])OC([2H])([2H])C([2H])([2H])N1CCN(C2=Nc3ccccc3Sc3ccccc32)CC1.[2H]C([2H])(O)C([2H])([2H])OC([2H])([2H])C([2H])([2H])[NH+]1CCN(C2=Nc3ccccc3Sc3ccccc32)CC1. The number of aliphatic carboxylic acids is 2. The van der Waals surface area contributed by atoms with Crippen LogP contribution in [0.3, 0.4) is 0 Å². The monoisotopic (exact) mass is 898 g/mol. The molecule has 0 spiro atoms. The molecule has 0 radical (unpaired) electrons. The normalized spacial score (nSPS) is 21.8. The third-order valence-corrected chi connectivity index (χ3v) is 11.5. The van der Waals surface area contributed by atoms with Crippen LogP contribution in [0.2, 0.25) is 0 Å². The van der Waals surface area contributed by atoms with Crippen LogP contribution in [0, 0.1) is 0 Å². The van der Waals surface area contributed by atoms with E-state index in [1.54, 1.807) is 23.5 Å². The van der Waals surface area contributed by atoms with E-state index in [1.807, 2.05) is 107 Å². The second-order valence-electron chi connectivity index (χ2n) is 13.1. The van der Waals surface area contributed by atoms with Gasteiger partial charge >= 0.3 is 5.97 Å². The van der Waals surface area contributed by atoms with Gasteiger partial charge < -0.3 is 49.4 Å². The molecular weight excluding hydrogens is 829 g/mol. The first kappa shape index (κ1) is 29.3. The Labute approximate surface area is 393 Å². The molecule has 14 nitrogen and oxygen atoms in total. The van der Waals surface area contributed by atoms with Crippen LogP contribution in [0.15, 0.2) is 139 Å². The number of hydrogen-bond donors (Lipinski definition) is 4. The third-order valence-electron chi connectivity index (χ3n) is 9.21. The molecule has 4 aliphatic heterocycles. The average Bonchev–Trinajstić information content (AvgIpc) is 3.72. The fourth-order valence-electron chi connectivity index (χ4n) is 6.38. The van der Waals surface area contributed by atoms with Crippen molar-refractivity contribution in [2.24, 2.45) is 9.98 Å². The van der Waals surface area contributed by atoms with Gasteiger partial charge in [0, 0.05) is 72.2 Å². The van der Waals surface area contributed by atoms with Gasteiger partial charge in [-0.25, -0.2) is 14.8 Å². The van der Waals surface area contributed by atoms with Crippen molar-refractivity contribution < 1.29 is 66.3 Å². The van der Waals surface area contributed by atoms with E-state index in [0.717, 1.165) is 53.8 Å². The van der Waals surface area contributed by atoms with Gasteiger partial charge in [-0.3, -0.25) is 4.90 Å². The van der Waals surface area contributed by atoms with E-state index < -0.39 is 64.3 Å². The Kier molecular flexibility index (Phi) is 11.6. The summed E-state index contributed by atoms with van der Waals surface area (Å²) in [5.41, 5.74) is 3.56. The Morgan fingerprint density at radius 2 is 1.13 bits per heavy atom. The fourth-order valence-corrected chi connectivity index (χ4v) is 8.42. The Bertz CT molecular complexity index is 2700. The molecule has 328 valence electrons. The van der Waals surface area contributed by atoms with Gasteiger partial charge in [0.05, 0.1) is 102 Å². The number of para-hydroxylation sites is 2. The van der Waals surface area contributed by atoms with Crippen molar-refractivity contribution in [2.45, 2.75) is 19.6 Å². The molecule has 4 N–H and O–H groups in total. The molecule has 4 heterocycles. The molecule has 0 unspecified atom stereocenters. The number of rotatable bonds is 12. The van der Waals surface area contributed by atoms with Crippen molar-refractivity contribution in [2.75, 3.05) is 105 Å². The van der Waals surface area contributed by atoms with E-state index in [1.165, 1.54) is 4.90 Å². The minimum atomic E-state index is -3.52. The van der Waals surface area contributed by atoms with Gasteiger partial charge in [-0.15, -0.1) is 0 Å². The number of nitrogens with one attached hydrogen (secondary N) is 1. The molecule has 4 aromatic carbocycles. The Morgan fingerprint density at radius 3 is 1.61 bits per heavy atom. The van der Waals surface area contributed by atoms with Gasteiger partial charge in [0.2, 0.25) is 0 Å². The number of nitrogens with zero attached hydrogens (tertiary/aromatic N) is 5. The van der Waals surface area contributed by atoms with E-state index in [9.17, 15) is 24.9 Å². The summed E-state index contributed by atoms with van der Waals surface area (Å²) in [5, 5.41) is 35.9. The Hall–Kier alpha value is -5.04. The second kappa shape index (κ2) is 24.6. The molecular formula is C46H54N6O8S2. The first-order valence-corrected chi connectivity index (χ1v) is 20.7. The maximum Gasteiger partial charge on any atom is 0.328 e. The van der Waals surface area contributed by atoms with E-state index in [2.05, 4.69) is 9.47 Å². The van der Waals surface area contributed by atoms with E-state index in [-0.39, 0.29) is 31.1 Å². The number of amidine groups is 2. The van der Waals surface area contributed by atoms with Crippen LogP contribution in [0.25, 0.3) is 0 Å². The summed E-state index contributed by atoms with van der Waals surface area (Å²) in [5.74, 6) is -1.31. The summed E-state index contributed by atoms with van der Waals surface area (Å²) >= 11 is 3.25. The number of carbonyl (C=O) groups is 2. The smallest absolute Gasteiger partial charge is 0.328 e. The van der Waals surface area contributed by atoms with Gasteiger partial charge in [0.25, 0.3) is 0 Å². The maximum absolute atomic E-state index is 9.53. The first-order chi connectivity index (χ1) is 36.1. The van der Waals surface area contributed by atoms with Crippen LogP contribution in [-0.2, 0) is 19.1 Å². The third kappa shape index (κ3) is 13.7. The largest absolute Gasteiger partial charge is 0.545 e. The molecule has 2 fully saturated rings. The van der Waals surface area contributed by atoms with Crippen molar-refractivity contribution in [3.63, 3.8) is 0 Å². The standard InChI is InChI=1S/2C21H25N3O2S.C4H4O4/c2*25-14-16-26-15-13-23-9-11-24(12-10-23)21-17-5-1-3-7-19(17)27-20-8-4-2-6-18(20)22-21;5-3(6)1-2-4(7)8/h2*1-8,25H,9-16H2;1-2H,(H,5,6)(H,7,8)/b;;2-1+/i2*13D2,14D2,15D2,16D2;. The molecule has 62 heavy (non-hydrogen) atoms. The molecule has 0 aromatic heterocycles. The predicted molar refractivity (Wildman–Crippen MR) is 239 cm³/mol. The summed E-state index contributed by atoms with van der Waals surface area (Å²) in [6, 6.07) is 31.4. The first-order valence-electron chi connectivity index (χ1n) is 27.1. The van der Waals surface area contributed by atoms with Crippen LogP contribution < -0.4 is 10.0 Å². The molecule has 8 rings (SSSR count). The average molecular weight is 899 g/mol. The molecule has 2 saturated heterocycles. The van der Waals surface area contributed by atoms with Crippen LogP contribution in [0.1, 0.15) is 33.1 Å². The second-order valence-corrected chi connectivity index (χ2v) is 15.3. The molecule has 0 atom stereocenters. The zero-order chi connectivity index (χ0) is 57.9. The minimum Gasteiger partial charge on any atom is -0.545 e.